The summed E-state index contributed by atoms with van der Waals surface area (Å²) in [5, 5.41) is 0. The Bertz CT molecular complexity index is 391. The van der Waals surface area contributed by atoms with Crippen molar-refractivity contribution in [1.29, 1.82) is 0 Å². The van der Waals surface area contributed by atoms with Crippen molar-refractivity contribution in [3.05, 3.63) is 35.9 Å². The monoisotopic (exact) mass is 247 g/mol. The molecule has 0 saturated carbocycles. The molecule has 3 nitrogen and oxygen atoms in total. The maximum absolute atomic E-state index is 11.9. The van der Waals surface area contributed by atoms with E-state index in [9.17, 15) is 4.79 Å². The van der Waals surface area contributed by atoms with E-state index >= 15 is 0 Å². The number of morpholine rings is 1. The molecular formula is C15H21NO2. The molecule has 2 atom stereocenters. The molecule has 1 aromatic rings. The van der Waals surface area contributed by atoms with Crippen LogP contribution in [0.1, 0.15) is 25.8 Å². The summed E-state index contributed by atoms with van der Waals surface area (Å²) in [4.78, 5) is 14.2. The van der Waals surface area contributed by atoms with E-state index in [1.54, 1.807) is 0 Å². The molecule has 2 rings (SSSR count). The molecule has 1 heterocycles. The van der Waals surface area contributed by atoms with Gasteiger partial charge in [0.05, 0.1) is 0 Å². The normalized spacial score (nSPS) is 22.6. The number of carbonyl (C=O) groups excluding carboxylic acids is 1. The minimum absolute atomic E-state index is 0.0634. The van der Waals surface area contributed by atoms with Crippen molar-refractivity contribution in [1.82, 2.24) is 4.90 Å². The topological polar surface area (TPSA) is 29.5 Å². The van der Waals surface area contributed by atoms with Crippen LogP contribution in [0.2, 0.25) is 0 Å². The zero-order valence-electron chi connectivity index (χ0n) is 11.1. The molecule has 1 saturated heterocycles. The predicted molar refractivity (Wildman–Crippen MR) is 71.1 cm³/mol. The molecule has 18 heavy (non-hydrogen) atoms. The quantitative estimate of drug-likeness (QED) is 0.765. The number of esters is 1. The Morgan fingerprint density at radius 1 is 1.39 bits per heavy atom. The van der Waals surface area contributed by atoms with Crippen LogP contribution >= 0.6 is 0 Å². The fourth-order valence-corrected chi connectivity index (χ4v) is 2.45. The van der Waals surface area contributed by atoms with Gasteiger partial charge in [-0.2, -0.15) is 0 Å². The maximum Gasteiger partial charge on any atom is 0.323 e. The van der Waals surface area contributed by atoms with Crippen LogP contribution in [0, 0.1) is 5.92 Å². The second kappa shape index (κ2) is 6.01. The van der Waals surface area contributed by atoms with Crippen molar-refractivity contribution in [2.75, 3.05) is 13.2 Å². The number of nitrogens with zero attached hydrogens (tertiary/aromatic N) is 1. The van der Waals surface area contributed by atoms with Crippen LogP contribution in [0.15, 0.2) is 30.3 Å². The number of carbonyl (C=O) groups is 1. The average molecular weight is 247 g/mol. The van der Waals surface area contributed by atoms with Gasteiger partial charge < -0.3 is 4.74 Å². The van der Waals surface area contributed by atoms with Crippen molar-refractivity contribution in [2.45, 2.75) is 32.9 Å². The molecule has 0 N–H and O–H groups in total. The molecule has 0 aliphatic carbocycles. The molecule has 1 unspecified atom stereocenters. The summed E-state index contributed by atoms with van der Waals surface area (Å²) in [6.07, 6.45) is 0.991. The first-order chi connectivity index (χ1) is 8.72. The zero-order valence-corrected chi connectivity index (χ0v) is 11.1. The molecule has 0 spiro atoms. The van der Waals surface area contributed by atoms with Gasteiger partial charge in [-0.1, -0.05) is 50.6 Å². The van der Waals surface area contributed by atoms with E-state index in [4.69, 9.17) is 4.74 Å². The Kier molecular flexibility index (Phi) is 4.37. The lowest BCUT2D eigenvalue weighted by Gasteiger charge is -2.37. The summed E-state index contributed by atoms with van der Waals surface area (Å²) in [6, 6.07) is 10.2. The molecule has 1 aliphatic heterocycles. The van der Waals surface area contributed by atoms with E-state index in [2.05, 4.69) is 30.9 Å². The van der Waals surface area contributed by atoms with E-state index in [1.807, 2.05) is 18.2 Å². The van der Waals surface area contributed by atoms with E-state index in [0.29, 0.717) is 12.5 Å². The largest absolute Gasteiger partial charge is 0.463 e. The molecule has 0 radical (unpaired) electrons. The third-order valence-electron chi connectivity index (χ3n) is 3.67. The lowest BCUT2D eigenvalue weighted by molar-refractivity contribution is -0.160. The van der Waals surface area contributed by atoms with Gasteiger partial charge in [-0.05, 0) is 11.5 Å². The molecule has 1 fully saturated rings. The second-order valence-corrected chi connectivity index (χ2v) is 4.95. The number of hydrogen-bond donors (Lipinski definition) is 0. The summed E-state index contributed by atoms with van der Waals surface area (Å²) in [5.74, 6) is 0.271. The van der Waals surface area contributed by atoms with Crippen LogP contribution in [0.25, 0.3) is 0 Å². The SMILES string of the molecule is CCC(C)[C@H]1C(=O)OCCN1Cc1ccccc1. The molecule has 3 heteroatoms. The van der Waals surface area contributed by atoms with Gasteiger partial charge in [0.2, 0.25) is 0 Å². The first-order valence-corrected chi connectivity index (χ1v) is 6.67. The first kappa shape index (κ1) is 13.1. The van der Waals surface area contributed by atoms with Gasteiger partial charge in [-0.25, -0.2) is 0 Å². The summed E-state index contributed by atoms with van der Waals surface area (Å²) in [6.45, 7) is 6.40. The number of hydrogen-bond acceptors (Lipinski definition) is 3. The number of ether oxygens (including phenoxy) is 1. The molecule has 98 valence electrons. The Hall–Kier alpha value is -1.35. The summed E-state index contributed by atoms with van der Waals surface area (Å²) in [7, 11) is 0. The van der Waals surface area contributed by atoms with Gasteiger partial charge in [0.15, 0.2) is 0 Å². The average Bonchev–Trinajstić information content (AvgIpc) is 2.39. The lowest BCUT2D eigenvalue weighted by atomic mass is 9.96. The minimum Gasteiger partial charge on any atom is -0.463 e. The fraction of sp³-hybridized carbons (Fsp3) is 0.533. The Morgan fingerprint density at radius 3 is 2.78 bits per heavy atom. The van der Waals surface area contributed by atoms with Crippen LogP contribution < -0.4 is 0 Å². The van der Waals surface area contributed by atoms with Crippen LogP contribution in [-0.2, 0) is 16.1 Å². The molecular weight excluding hydrogens is 226 g/mol. The smallest absolute Gasteiger partial charge is 0.323 e. The number of benzene rings is 1. The van der Waals surface area contributed by atoms with Gasteiger partial charge >= 0.3 is 5.97 Å². The minimum atomic E-state index is -0.0936. The van der Waals surface area contributed by atoms with E-state index in [-0.39, 0.29) is 12.0 Å². The molecule has 1 aliphatic rings. The van der Waals surface area contributed by atoms with Crippen molar-refractivity contribution in [3.63, 3.8) is 0 Å². The van der Waals surface area contributed by atoms with E-state index in [0.717, 1.165) is 19.5 Å². The van der Waals surface area contributed by atoms with Gasteiger partial charge in [0.1, 0.15) is 12.6 Å². The zero-order chi connectivity index (χ0) is 13.0. The lowest BCUT2D eigenvalue weighted by Crippen LogP contribution is -2.51. The van der Waals surface area contributed by atoms with E-state index < -0.39 is 0 Å². The van der Waals surface area contributed by atoms with Crippen LogP contribution in [0.4, 0.5) is 0 Å². The Labute approximate surface area is 109 Å². The van der Waals surface area contributed by atoms with Crippen LogP contribution in [-0.4, -0.2) is 30.1 Å². The Morgan fingerprint density at radius 2 is 2.11 bits per heavy atom. The molecule has 0 amide bonds. The van der Waals surface area contributed by atoms with Crippen LogP contribution in [0.5, 0.6) is 0 Å². The summed E-state index contributed by atoms with van der Waals surface area (Å²) < 4.78 is 5.20. The standard InChI is InChI=1S/C15H21NO2/c1-3-12(2)14-15(17)18-10-9-16(14)11-13-7-5-4-6-8-13/h4-8,12,14H,3,9-11H2,1-2H3/t12?,14-/m0/s1. The highest BCUT2D eigenvalue weighted by Gasteiger charge is 2.34. The molecule has 1 aromatic carbocycles. The van der Waals surface area contributed by atoms with Gasteiger partial charge in [0, 0.05) is 13.1 Å². The first-order valence-electron chi connectivity index (χ1n) is 6.67. The number of rotatable bonds is 4. The highest BCUT2D eigenvalue weighted by Crippen LogP contribution is 2.21. The third kappa shape index (κ3) is 2.91. The number of cyclic esters (lactones) is 1. The third-order valence-corrected chi connectivity index (χ3v) is 3.67. The van der Waals surface area contributed by atoms with Crippen molar-refractivity contribution in [2.24, 2.45) is 5.92 Å². The summed E-state index contributed by atoms with van der Waals surface area (Å²) in [5.41, 5.74) is 1.25. The van der Waals surface area contributed by atoms with Crippen molar-refractivity contribution >= 4 is 5.97 Å². The van der Waals surface area contributed by atoms with Crippen LogP contribution in [0.3, 0.4) is 0 Å². The second-order valence-electron chi connectivity index (χ2n) is 4.95. The summed E-state index contributed by atoms with van der Waals surface area (Å²) >= 11 is 0. The van der Waals surface area contributed by atoms with Gasteiger partial charge in [-0.3, -0.25) is 9.69 Å². The molecule has 0 aromatic heterocycles. The van der Waals surface area contributed by atoms with Gasteiger partial charge in [-0.15, -0.1) is 0 Å². The Balaban J connectivity index is 2.11. The predicted octanol–water partition coefficient (Wildman–Crippen LogP) is 2.46. The van der Waals surface area contributed by atoms with Crippen molar-refractivity contribution in [3.8, 4) is 0 Å². The maximum atomic E-state index is 11.9. The highest BCUT2D eigenvalue weighted by atomic mass is 16.5. The van der Waals surface area contributed by atoms with Crippen molar-refractivity contribution < 1.29 is 9.53 Å². The fourth-order valence-electron chi connectivity index (χ4n) is 2.45. The van der Waals surface area contributed by atoms with Gasteiger partial charge in [0.25, 0.3) is 0 Å². The van der Waals surface area contributed by atoms with E-state index in [1.165, 1.54) is 5.56 Å². The molecule has 0 bridgehead atoms. The highest BCUT2D eigenvalue weighted by molar-refractivity contribution is 5.76.